The maximum atomic E-state index is 13.8. The lowest BCUT2D eigenvalue weighted by atomic mass is 10.2. The SMILES string of the molecule is CCN(CC(=O)Nc1ccc(C)cc1Br)Cc1ccc(OC)c(F)c1. The Kier molecular flexibility index (Phi) is 6.96. The summed E-state index contributed by atoms with van der Waals surface area (Å²) in [7, 11) is 1.43. The molecule has 25 heavy (non-hydrogen) atoms. The van der Waals surface area contributed by atoms with E-state index < -0.39 is 5.82 Å². The van der Waals surface area contributed by atoms with E-state index in [0.717, 1.165) is 21.3 Å². The first-order valence-electron chi connectivity index (χ1n) is 8.03. The Morgan fingerprint density at radius 3 is 2.64 bits per heavy atom. The van der Waals surface area contributed by atoms with E-state index in [4.69, 9.17) is 4.74 Å². The van der Waals surface area contributed by atoms with E-state index in [-0.39, 0.29) is 18.2 Å². The summed E-state index contributed by atoms with van der Waals surface area (Å²) in [5.41, 5.74) is 2.65. The Labute approximate surface area is 156 Å². The summed E-state index contributed by atoms with van der Waals surface area (Å²) in [5, 5.41) is 2.90. The molecule has 0 unspecified atom stereocenters. The molecule has 0 fully saturated rings. The van der Waals surface area contributed by atoms with Crippen molar-refractivity contribution < 1.29 is 13.9 Å². The second-order valence-corrected chi connectivity index (χ2v) is 6.66. The number of aryl methyl sites for hydroxylation is 1. The quantitative estimate of drug-likeness (QED) is 0.739. The number of benzene rings is 2. The summed E-state index contributed by atoms with van der Waals surface area (Å²) < 4.78 is 19.6. The molecule has 0 radical (unpaired) electrons. The van der Waals surface area contributed by atoms with E-state index in [1.54, 1.807) is 12.1 Å². The van der Waals surface area contributed by atoms with Crippen LogP contribution in [0.3, 0.4) is 0 Å². The number of carbonyl (C=O) groups is 1. The monoisotopic (exact) mass is 408 g/mol. The van der Waals surface area contributed by atoms with Crippen LogP contribution in [0.25, 0.3) is 0 Å². The molecule has 0 bridgehead atoms. The van der Waals surface area contributed by atoms with Crippen LogP contribution in [-0.2, 0) is 11.3 Å². The number of nitrogens with one attached hydrogen (secondary N) is 1. The van der Waals surface area contributed by atoms with Crippen LogP contribution in [-0.4, -0.2) is 31.0 Å². The lowest BCUT2D eigenvalue weighted by molar-refractivity contribution is -0.117. The van der Waals surface area contributed by atoms with E-state index in [1.807, 2.05) is 36.9 Å². The van der Waals surface area contributed by atoms with Crippen LogP contribution in [0.4, 0.5) is 10.1 Å². The Morgan fingerprint density at radius 2 is 2.04 bits per heavy atom. The summed E-state index contributed by atoms with van der Waals surface area (Å²) in [5.74, 6) is -0.293. The zero-order chi connectivity index (χ0) is 18.4. The molecule has 0 atom stereocenters. The molecule has 2 aromatic rings. The first kappa shape index (κ1) is 19.4. The summed E-state index contributed by atoms with van der Waals surface area (Å²) >= 11 is 3.45. The van der Waals surface area contributed by atoms with Gasteiger partial charge >= 0.3 is 0 Å². The highest BCUT2D eigenvalue weighted by atomic mass is 79.9. The predicted octanol–water partition coefficient (Wildman–Crippen LogP) is 4.37. The van der Waals surface area contributed by atoms with Crippen molar-refractivity contribution in [2.45, 2.75) is 20.4 Å². The van der Waals surface area contributed by atoms with Crippen molar-refractivity contribution in [1.29, 1.82) is 0 Å². The van der Waals surface area contributed by atoms with Gasteiger partial charge in [0.05, 0.1) is 19.3 Å². The van der Waals surface area contributed by atoms with Crippen molar-refractivity contribution in [1.82, 2.24) is 4.90 Å². The van der Waals surface area contributed by atoms with E-state index in [9.17, 15) is 9.18 Å². The van der Waals surface area contributed by atoms with Crippen LogP contribution in [0.15, 0.2) is 40.9 Å². The third-order valence-electron chi connectivity index (χ3n) is 3.84. The zero-order valence-electron chi connectivity index (χ0n) is 14.6. The third-order valence-corrected chi connectivity index (χ3v) is 4.49. The molecule has 6 heteroatoms. The molecule has 0 saturated heterocycles. The highest BCUT2D eigenvalue weighted by Gasteiger charge is 2.12. The molecule has 0 saturated carbocycles. The number of nitrogens with zero attached hydrogens (tertiary/aromatic N) is 1. The number of anilines is 1. The van der Waals surface area contributed by atoms with Crippen molar-refractivity contribution in [3.05, 3.63) is 57.8 Å². The van der Waals surface area contributed by atoms with Crippen LogP contribution in [0.5, 0.6) is 5.75 Å². The first-order chi connectivity index (χ1) is 11.9. The van der Waals surface area contributed by atoms with Crippen LogP contribution in [0, 0.1) is 12.7 Å². The number of methoxy groups -OCH3 is 1. The predicted molar refractivity (Wildman–Crippen MR) is 101 cm³/mol. The maximum absolute atomic E-state index is 13.8. The van der Waals surface area contributed by atoms with Gasteiger partial charge in [-0.25, -0.2) is 4.39 Å². The molecule has 2 rings (SSSR count). The summed E-state index contributed by atoms with van der Waals surface area (Å²) in [6.45, 7) is 5.35. The minimum absolute atomic E-state index is 0.111. The van der Waals surface area contributed by atoms with Gasteiger partial charge in [-0.05, 0) is 64.8 Å². The number of likely N-dealkylation sites (N-methyl/N-ethyl adjacent to an activating group) is 1. The number of amides is 1. The average molecular weight is 409 g/mol. The van der Waals surface area contributed by atoms with Gasteiger partial charge in [-0.1, -0.05) is 19.1 Å². The molecular formula is C19H22BrFN2O2. The summed E-state index contributed by atoms with van der Waals surface area (Å²) in [6.07, 6.45) is 0. The minimum atomic E-state index is -0.399. The minimum Gasteiger partial charge on any atom is -0.494 e. The van der Waals surface area contributed by atoms with E-state index in [0.29, 0.717) is 13.1 Å². The zero-order valence-corrected chi connectivity index (χ0v) is 16.2. The Morgan fingerprint density at radius 1 is 1.28 bits per heavy atom. The van der Waals surface area contributed by atoms with E-state index in [2.05, 4.69) is 21.2 Å². The fraction of sp³-hybridized carbons (Fsp3) is 0.316. The maximum Gasteiger partial charge on any atom is 0.238 e. The van der Waals surface area contributed by atoms with Crippen molar-refractivity contribution >= 4 is 27.5 Å². The molecule has 0 heterocycles. The molecule has 2 aromatic carbocycles. The van der Waals surface area contributed by atoms with Gasteiger partial charge < -0.3 is 10.1 Å². The van der Waals surface area contributed by atoms with Crippen LogP contribution < -0.4 is 10.1 Å². The molecular weight excluding hydrogens is 387 g/mol. The number of hydrogen-bond acceptors (Lipinski definition) is 3. The second kappa shape index (κ2) is 8.97. The van der Waals surface area contributed by atoms with Crippen LogP contribution >= 0.6 is 15.9 Å². The lowest BCUT2D eigenvalue weighted by Crippen LogP contribution is -2.32. The molecule has 1 N–H and O–H groups in total. The molecule has 134 valence electrons. The van der Waals surface area contributed by atoms with Gasteiger partial charge in [0, 0.05) is 11.0 Å². The number of hydrogen-bond donors (Lipinski definition) is 1. The Bertz CT molecular complexity index is 752. The molecule has 0 aliphatic carbocycles. The Hall–Kier alpha value is -1.92. The first-order valence-corrected chi connectivity index (χ1v) is 8.83. The second-order valence-electron chi connectivity index (χ2n) is 5.80. The van der Waals surface area contributed by atoms with Crippen LogP contribution in [0.1, 0.15) is 18.1 Å². The van der Waals surface area contributed by atoms with Crippen LogP contribution in [0.2, 0.25) is 0 Å². The normalized spacial score (nSPS) is 10.8. The van der Waals surface area contributed by atoms with Gasteiger partial charge in [0.25, 0.3) is 0 Å². The molecule has 0 spiro atoms. The van der Waals surface area contributed by atoms with Gasteiger partial charge in [-0.15, -0.1) is 0 Å². The molecule has 1 amide bonds. The number of rotatable bonds is 7. The topological polar surface area (TPSA) is 41.6 Å². The molecule has 0 aliphatic rings. The largest absolute Gasteiger partial charge is 0.494 e. The fourth-order valence-electron chi connectivity index (χ4n) is 2.46. The fourth-order valence-corrected chi connectivity index (χ4v) is 3.05. The lowest BCUT2D eigenvalue weighted by Gasteiger charge is -2.20. The van der Waals surface area contributed by atoms with Crippen molar-refractivity contribution in [3.8, 4) is 5.75 Å². The van der Waals surface area contributed by atoms with E-state index >= 15 is 0 Å². The highest BCUT2D eigenvalue weighted by molar-refractivity contribution is 9.10. The van der Waals surface area contributed by atoms with Gasteiger partial charge in [0.2, 0.25) is 5.91 Å². The van der Waals surface area contributed by atoms with E-state index in [1.165, 1.54) is 13.2 Å². The van der Waals surface area contributed by atoms with Gasteiger partial charge in [-0.2, -0.15) is 0 Å². The highest BCUT2D eigenvalue weighted by Crippen LogP contribution is 2.23. The van der Waals surface area contributed by atoms with Crippen molar-refractivity contribution in [3.63, 3.8) is 0 Å². The molecule has 0 aromatic heterocycles. The smallest absolute Gasteiger partial charge is 0.238 e. The number of carbonyl (C=O) groups excluding carboxylic acids is 1. The molecule has 4 nitrogen and oxygen atoms in total. The van der Waals surface area contributed by atoms with Crippen molar-refractivity contribution in [2.24, 2.45) is 0 Å². The third kappa shape index (κ3) is 5.54. The summed E-state index contributed by atoms with van der Waals surface area (Å²) in [6, 6.07) is 10.6. The molecule has 0 aliphatic heterocycles. The average Bonchev–Trinajstić information content (AvgIpc) is 2.57. The van der Waals surface area contributed by atoms with Gasteiger partial charge in [0.1, 0.15) is 0 Å². The van der Waals surface area contributed by atoms with Gasteiger partial charge in [0.15, 0.2) is 11.6 Å². The number of ether oxygens (including phenoxy) is 1. The number of halogens is 2. The summed E-state index contributed by atoms with van der Waals surface area (Å²) in [4.78, 5) is 14.3. The van der Waals surface area contributed by atoms with Gasteiger partial charge in [-0.3, -0.25) is 9.69 Å². The Balaban J connectivity index is 1.98. The standard InChI is InChI=1S/C19H22BrFN2O2/c1-4-23(11-14-6-8-18(25-3)16(21)10-14)12-19(24)22-17-7-5-13(2)9-15(17)20/h5-10H,4,11-12H2,1-3H3,(H,22,24). The van der Waals surface area contributed by atoms with Crippen molar-refractivity contribution in [2.75, 3.05) is 25.5 Å².